The molecule has 0 radical (unpaired) electrons. The highest BCUT2D eigenvalue weighted by Crippen LogP contribution is 2.33. The Morgan fingerprint density at radius 1 is 1.21 bits per heavy atom. The van der Waals surface area contributed by atoms with Gasteiger partial charge in [0.25, 0.3) is 0 Å². The van der Waals surface area contributed by atoms with E-state index in [2.05, 4.69) is 45.6 Å². The van der Waals surface area contributed by atoms with E-state index in [-0.39, 0.29) is 5.82 Å². The van der Waals surface area contributed by atoms with Gasteiger partial charge in [-0.3, -0.25) is 14.7 Å². The number of nitrogens with zero attached hydrogens (tertiary/aromatic N) is 4. The standard InChI is InChI=1S/C22H28FN5/c1-4-28-16(3)21(15(2)26-28)14-27-11-5-6-18(13-27)22-20(12-24-25-22)17-7-9-19(23)10-8-17/h7-10,12,18H,4-6,11,13-14H2,1-3H3,(H,24,25). The van der Waals surface area contributed by atoms with Crippen LogP contribution in [0.25, 0.3) is 11.1 Å². The summed E-state index contributed by atoms with van der Waals surface area (Å²) in [6, 6.07) is 6.68. The first-order valence-electron chi connectivity index (χ1n) is 10.1. The summed E-state index contributed by atoms with van der Waals surface area (Å²) in [5.41, 5.74) is 7.02. The SMILES string of the molecule is CCn1nc(C)c(CN2CCCC(c3[nH]ncc3-c3ccc(F)cc3)C2)c1C. The molecule has 0 aliphatic carbocycles. The van der Waals surface area contributed by atoms with Crippen LogP contribution < -0.4 is 0 Å². The number of piperidine rings is 1. The second kappa shape index (κ2) is 7.87. The molecule has 0 spiro atoms. The molecule has 3 aromatic rings. The van der Waals surface area contributed by atoms with Gasteiger partial charge in [-0.15, -0.1) is 0 Å². The number of nitrogens with one attached hydrogen (secondary N) is 1. The van der Waals surface area contributed by atoms with Crippen LogP contribution >= 0.6 is 0 Å². The maximum Gasteiger partial charge on any atom is 0.123 e. The molecule has 1 atom stereocenters. The van der Waals surface area contributed by atoms with Crippen LogP contribution in [-0.4, -0.2) is 38.0 Å². The fourth-order valence-corrected chi connectivity index (χ4v) is 4.40. The van der Waals surface area contributed by atoms with Crippen molar-refractivity contribution in [2.45, 2.75) is 52.6 Å². The van der Waals surface area contributed by atoms with E-state index in [1.807, 2.05) is 18.3 Å². The lowest BCUT2D eigenvalue weighted by Gasteiger charge is -2.32. The maximum atomic E-state index is 13.3. The van der Waals surface area contributed by atoms with Crippen LogP contribution in [0.5, 0.6) is 0 Å². The molecule has 5 nitrogen and oxygen atoms in total. The summed E-state index contributed by atoms with van der Waals surface area (Å²) in [7, 11) is 0. The van der Waals surface area contributed by atoms with Crippen LogP contribution in [0.1, 0.15) is 48.3 Å². The van der Waals surface area contributed by atoms with E-state index < -0.39 is 0 Å². The third-order valence-electron chi connectivity index (χ3n) is 5.95. The van der Waals surface area contributed by atoms with Gasteiger partial charge in [-0.1, -0.05) is 12.1 Å². The van der Waals surface area contributed by atoms with Crippen LogP contribution in [0.3, 0.4) is 0 Å². The normalized spacial score (nSPS) is 17.9. The molecular weight excluding hydrogens is 353 g/mol. The monoisotopic (exact) mass is 381 g/mol. The summed E-state index contributed by atoms with van der Waals surface area (Å²) < 4.78 is 15.4. The van der Waals surface area contributed by atoms with Crippen LogP contribution in [0.4, 0.5) is 4.39 Å². The van der Waals surface area contributed by atoms with Crippen molar-refractivity contribution in [1.82, 2.24) is 24.9 Å². The lowest BCUT2D eigenvalue weighted by Crippen LogP contribution is -2.34. The molecule has 4 rings (SSSR count). The van der Waals surface area contributed by atoms with Gasteiger partial charge in [0.2, 0.25) is 0 Å². The molecule has 148 valence electrons. The van der Waals surface area contributed by atoms with Gasteiger partial charge in [-0.25, -0.2) is 4.39 Å². The highest BCUT2D eigenvalue weighted by molar-refractivity contribution is 5.65. The van der Waals surface area contributed by atoms with E-state index in [4.69, 9.17) is 0 Å². The molecule has 3 heterocycles. The number of benzene rings is 1. The van der Waals surface area contributed by atoms with Gasteiger partial charge < -0.3 is 0 Å². The molecule has 1 aromatic carbocycles. The van der Waals surface area contributed by atoms with Gasteiger partial charge in [0.1, 0.15) is 5.82 Å². The average Bonchev–Trinajstić information content (AvgIpc) is 3.29. The van der Waals surface area contributed by atoms with Crippen LogP contribution in [0, 0.1) is 19.7 Å². The Kier molecular flexibility index (Phi) is 5.31. The zero-order valence-electron chi connectivity index (χ0n) is 16.9. The number of aromatic nitrogens is 4. The van der Waals surface area contributed by atoms with E-state index >= 15 is 0 Å². The van der Waals surface area contributed by atoms with Crippen LogP contribution in [-0.2, 0) is 13.1 Å². The lowest BCUT2D eigenvalue weighted by molar-refractivity contribution is 0.198. The van der Waals surface area contributed by atoms with Gasteiger partial charge in [0.05, 0.1) is 11.9 Å². The van der Waals surface area contributed by atoms with Gasteiger partial charge in [0, 0.05) is 48.1 Å². The number of aryl methyl sites for hydroxylation is 2. The van der Waals surface area contributed by atoms with E-state index in [1.54, 1.807) is 0 Å². The van der Waals surface area contributed by atoms with Crippen molar-refractivity contribution in [2.24, 2.45) is 0 Å². The smallest absolute Gasteiger partial charge is 0.123 e. The molecule has 28 heavy (non-hydrogen) atoms. The number of H-pyrrole nitrogens is 1. The highest BCUT2D eigenvalue weighted by atomic mass is 19.1. The molecule has 1 aliphatic rings. The largest absolute Gasteiger partial charge is 0.298 e. The number of likely N-dealkylation sites (tertiary alicyclic amines) is 1. The van der Waals surface area contributed by atoms with Crippen LogP contribution in [0.2, 0.25) is 0 Å². The predicted octanol–water partition coefficient (Wildman–Crippen LogP) is 4.43. The summed E-state index contributed by atoms with van der Waals surface area (Å²) in [6.07, 6.45) is 4.16. The number of hydrogen-bond acceptors (Lipinski definition) is 3. The molecule has 1 unspecified atom stereocenters. The van der Waals surface area contributed by atoms with Gasteiger partial charge in [-0.2, -0.15) is 10.2 Å². The number of hydrogen-bond donors (Lipinski definition) is 1. The summed E-state index contributed by atoms with van der Waals surface area (Å²) in [5, 5.41) is 12.2. The molecule has 2 aromatic heterocycles. The van der Waals surface area contributed by atoms with E-state index in [0.717, 1.165) is 61.5 Å². The van der Waals surface area contributed by atoms with Crippen molar-refractivity contribution >= 4 is 0 Å². The van der Waals surface area contributed by atoms with Crippen molar-refractivity contribution in [2.75, 3.05) is 13.1 Å². The molecule has 0 bridgehead atoms. The lowest BCUT2D eigenvalue weighted by atomic mass is 9.90. The minimum Gasteiger partial charge on any atom is -0.298 e. The zero-order chi connectivity index (χ0) is 19.7. The van der Waals surface area contributed by atoms with E-state index in [9.17, 15) is 4.39 Å². The molecule has 6 heteroatoms. The Balaban J connectivity index is 1.53. The Morgan fingerprint density at radius 3 is 2.71 bits per heavy atom. The minimum atomic E-state index is -0.212. The van der Waals surface area contributed by atoms with Crippen molar-refractivity contribution in [3.8, 4) is 11.1 Å². The van der Waals surface area contributed by atoms with Gasteiger partial charge >= 0.3 is 0 Å². The topological polar surface area (TPSA) is 49.7 Å². The predicted molar refractivity (Wildman–Crippen MR) is 109 cm³/mol. The second-order valence-corrected chi connectivity index (χ2v) is 7.74. The molecule has 1 N–H and O–H groups in total. The second-order valence-electron chi connectivity index (χ2n) is 7.74. The van der Waals surface area contributed by atoms with E-state index in [1.165, 1.54) is 23.4 Å². The highest BCUT2D eigenvalue weighted by Gasteiger charge is 2.26. The Labute approximate surface area is 165 Å². The maximum absolute atomic E-state index is 13.3. The average molecular weight is 381 g/mol. The first-order valence-corrected chi connectivity index (χ1v) is 10.1. The number of rotatable bonds is 5. The van der Waals surface area contributed by atoms with Crippen molar-refractivity contribution in [1.29, 1.82) is 0 Å². The van der Waals surface area contributed by atoms with Gasteiger partial charge in [-0.05, 0) is 57.9 Å². The van der Waals surface area contributed by atoms with E-state index in [0.29, 0.717) is 5.92 Å². The fourth-order valence-electron chi connectivity index (χ4n) is 4.40. The first kappa shape index (κ1) is 18.9. The molecule has 0 saturated carbocycles. The minimum absolute atomic E-state index is 0.212. The Hall–Kier alpha value is -2.47. The number of halogens is 1. The molecular formula is C22H28FN5. The van der Waals surface area contributed by atoms with Gasteiger partial charge in [0.15, 0.2) is 0 Å². The Bertz CT molecular complexity index is 940. The third-order valence-corrected chi connectivity index (χ3v) is 5.95. The molecule has 1 aliphatic heterocycles. The van der Waals surface area contributed by atoms with Crippen LogP contribution in [0.15, 0.2) is 30.5 Å². The molecule has 1 saturated heterocycles. The summed E-state index contributed by atoms with van der Waals surface area (Å²) in [6.45, 7) is 10.4. The summed E-state index contributed by atoms with van der Waals surface area (Å²) >= 11 is 0. The fraction of sp³-hybridized carbons (Fsp3) is 0.455. The quantitative estimate of drug-likeness (QED) is 0.711. The van der Waals surface area contributed by atoms with Crippen molar-refractivity contribution in [3.63, 3.8) is 0 Å². The third kappa shape index (κ3) is 3.61. The number of aromatic amines is 1. The molecule has 0 amide bonds. The first-order chi connectivity index (χ1) is 13.6. The molecule has 1 fully saturated rings. The van der Waals surface area contributed by atoms with Crippen molar-refractivity contribution < 1.29 is 4.39 Å². The Morgan fingerprint density at radius 2 is 2.00 bits per heavy atom. The summed E-state index contributed by atoms with van der Waals surface area (Å²) in [5.74, 6) is 0.189. The van der Waals surface area contributed by atoms with Crippen molar-refractivity contribution in [3.05, 3.63) is 58.9 Å². The summed E-state index contributed by atoms with van der Waals surface area (Å²) in [4.78, 5) is 2.53. The zero-order valence-corrected chi connectivity index (χ0v) is 16.9.